The van der Waals surface area contributed by atoms with Gasteiger partial charge in [0.25, 0.3) is 10.0 Å². The molecule has 5 nitrogen and oxygen atoms in total. The van der Waals surface area contributed by atoms with E-state index in [4.69, 9.17) is 4.74 Å². The third-order valence-electron chi connectivity index (χ3n) is 5.06. The Morgan fingerprint density at radius 2 is 1.88 bits per heavy atom. The minimum atomic E-state index is -3.67. The van der Waals surface area contributed by atoms with E-state index in [0.29, 0.717) is 11.7 Å². The molecule has 0 saturated carbocycles. The number of benzene rings is 2. The number of piperidine rings is 1. The maximum Gasteiger partial charge on any atom is 0.268 e. The van der Waals surface area contributed by atoms with Gasteiger partial charge >= 0.3 is 0 Å². The Morgan fingerprint density at radius 3 is 2.58 bits per heavy atom. The van der Waals surface area contributed by atoms with Crippen molar-refractivity contribution in [3.63, 3.8) is 0 Å². The van der Waals surface area contributed by atoms with Crippen molar-refractivity contribution in [1.29, 1.82) is 0 Å². The van der Waals surface area contributed by atoms with Crippen LogP contribution in [0.1, 0.15) is 24.3 Å². The summed E-state index contributed by atoms with van der Waals surface area (Å²) in [5, 5.41) is 4.43. The van der Waals surface area contributed by atoms with E-state index in [1.54, 1.807) is 31.4 Å². The summed E-state index contributed by atoms with van der Waals surface area (Å²) >= 11 is 0. The lowest BCUT2D eigenvalue weighted by atomic mass is 9.91. The number of nitrogens with one attached hydrogen (secondary N) is 1. The molecule has 136 valence electrons. The molecule has 26 heavy (non-hydrogen) atoms. The van der Waals surface area contributed by atoms with E-state index in [2.05, 4.69) is 5.32 Å². The molecule has 1 N–H and O–H groups in total. The van der Waals surface area contributed by atoms with Crippen LogP contribution in [0.4, 0.5) is 0 Å². The van der Waals surface area contributed by atoms with E-state index in [1.165, 1.54) is 3.97 Å². The molecule has 0 aliphatic carbocycles. The topological polar surface area (TPSA) is 60.3 Å². The zero-order chi connectivity index (χ0) is 18.1. The van der Waals surface area contributed by atoms with Gasteiger partial charge in [-0.2, -0.15) is 0 Å². The molecule has 1 aliphatic heterocycles. The number of hydrogen-bond acceptors (Lipinski definition) is 4. The van der Waals surface area contributed by atoms with Crippen LogP contribution in [0, 0.1) is 0 Å². The van der Waals surface area contributed by atoms with Crippen LogP contribution >= 0.6 is 0 Å². The molecule has 1 fully saturated rings. The molecule has 0 radical (unpaired) electrons. The second kappa shape index (κ2) is 6.78. The van der Waals surface area contributed by atoms with Gasteiger partial charge in [0.15, 0.2) is 0 Å². The van der Waals surface area contributed by atoms with Gasteiger partial charge < -0.3 is 10.1 Å². The first kappa shape index (κ1) is 17.1. The van der Waals surface area contributed by atoms with Crippen LogP contribution in [-0.2, 0) is 10.0 Å². The molecule has 1 aliphatic rings. The van der Waals surface area contributed by atoms with Crippen molar-refractivity contribution in [2.45, 2.75) is 23.7 Å². The number of fused-ring (bicyclic) bond motifs is 1. The molecule has 1 saturated heterocycles. The van der Waals surface area contributed by atoms with Gasteiger partial charge in [0.2, 0.25) is 0 Å². The zero-order valence-corrected chi connectivity index (χ0v) is 15.5. The number of aromatic nitrogens is 1. The van der Waals surface area contributed by atoms with E-state index in [1.807, 2.05) is 30.5 Å². The highest BCUT2D eigenvalue weighted by Gasteiger charge is 2.25. The standard InChI is InChI=1S/C20H22N2O3S/c1-25-16-8-10-17(11-9-16)26(23,24)22-14-19(15-5-4-12-21-13-15)18-6-2-3-7-20(18)22/h2-3,6-11,14-15,21H,4-5,12-13H2,1H3. The molecule has 2 heterocycles. The molecule has 3 aromatic rings. The van der Waals surface area contributed by atoms with Crippen LogP contribution in [0.2, 0.25) is 0 Å². The fourth-order valence-electron chi connectivity index (χ4n) is 3.68. The Morgan fingerprint density at radius 1 is 1.12 bits per heavy atom. The minimum Gasteiger partial charge on any atom is -0.497 e. The van der Waals surface area contributed by atoms with E-state index < -0.39 is 10.0 Å². The predicted octanol–water partition coefficient (Wildman–Crippen LogP) is 3.35. The van der Waals surface area contributed by atoms with E-state index >= 15 is 0 Å². The molecule has 0 spiro atoms. The molecule has 1 unspecified atom stereocenters. The summed E-state index contributed by atoms with van der Waals surface area (Å²) in [7, 11) is -2.10. The van der Waals surface area contributed by atoms with E-state index in [-0.39, 0.29) is 4.90 Å². The SMILES string of the molecule is COc1ccc(S(=O)(=O)n2cc(C3CCCNC3)c3ccccc32)cc1. The first-order valence-corrected chi connectivity index (χ1v) is 10.3. The Labute approximate surface area is 153 Å². The second-order valence-corrected chi connectivity index (χ2v) is 8.44. The lowest BCUT2D eigenvalue weighted by Crippen LogP contribution is -2.28. The van der Waals surface area contributed by atoms with Gasteiger partial charge in [-0.05, 0) is 61.2 Å². The summed E-state index contributed by atoms with van der Waals surface area (Å²) in [6.45, 7) is 1.91. The first-order valence-electron chi connectivity index (χ1n) is 8.81. The Bertz CT molecular complexity index is 1020. The molecule has 1 aromatic heterocycles. The Kier molecular flexibility index (Phi) is 4.46. The lowest BCUT2D eigenvalue weighted by Gasteiger charge is -2.22. The van der Waals surface area contributed by atoms with Crippen molar-refractivity contribution in [1.82, 2.24) is 9.29 Å². The normalized spacial score (nSPS) is 18.1. The summed E-state index contributed by atoms with van der Waals surface area (Å²) < 4.78 is 33.1. The summed E-state index contributed by atoms with van der Waals surface area (Å²) in [6.07, 6.45) is 3.99. The van der Waals surface area contributed by atoms with Gasteiger partial charge in [0.05, 0.1) is 17.5 Å². The van der Waals surface area contributed by atoms with Gasteiger partial charge in [-0.15, -0.1) is 0 Å². The average molecular weight is 370 g/mol. The van der Waals surface area contributed by atoms with Gasteiger partial charge in [0.1, 0.15) is 5.75 Å². The predicted molar refractivity (Wildman–Crippen MR) is 102 cm³/mol. The van der Waals surface area contributed by atoms with Crippen molar-refractivity contribution in [3.05, 3.63) is 60.3 Å². The average Bonchev–Trinajstić information content (AvgIpc) is 3.09. The fraction of sp³-hybridized carbons (Fsp3) is 0.300. The molecule has 4 rings (SSSR count). The van der Waals surface area contributed by atoms with Crippen LogP contribution in [0.5, 0.6) is 5.75 Å². The molecule has 0 amide bonds. The number of hydrogen-bond donors (Lipinski definition) is 1. The second-order valence-electron chi connectivity index (χ2n) is 6.62. The van der Waals surface area contributed by atoms with Gasteiger partial charge in [-0.25, -0.2) is 12.4 Å². The zero-order valence-electron chi connectivity index (χ0n) is 14.7. The number of para-hydroxylation sites is 1. The first-order chi connectivity index (χ1) is 12.6. The highest BCUT2D eigenvalue weighted by Crippen LogP contribution is 2.33. The van der Waals surface area contributed by atoms with Crippen molar-refractivity contribution in [2.24, 2.45) is 0 Å². The summed E-state index contributed by atoms with van der Waals surface area (Å²) in [5.41, 5.74) is 1.83. The number of ether oxygens (including phenoxy) is 1. The van der Waals surface area contributed by atoms with Crippen LogP contribution in [0.3, 0.4) is 0 Å². The van der Waals surface area contributed by atoms with Crippen LogP contribution in [0.25, 0.3) is 10.9 Å². The molecule has 2 aromatic carbocycles. The third kappa shape index (κ3) is 2.89. The van der Waals surface area contributed by atoms with Crippen molar-refractivity contribution in [2.75, 3.05) is 20.2 Å². The Hall–Kier alpha value is -2.31. The van der Waals surface area contributed by atoms with E-state index in [0.717, 1.165) is 42.4 Å². The minimum absolute atomic E-state index is 0.257. The van der Waals surface area contributed by atoms with Crippen molar-refractivity contribution >= 4 is 20.9 Å². The third-order valence-corrected chi connectivity index (χ3v) is 6.75. The molecular formula is C20H22N2O3S. The summed E-state index contributed by atoms with van der Waals surface area (Å²) in [6, 6.07) is 14.2. The highest BCUT2D eigenvalue weighted by molar-refractivity contribution is 7.90. The quantitative estimate of drug-likeness (QED) is 0.765. The summed E-state index contributed by atoms with van der Waals surface area (Å²) in [5.74, 6) is 0.969. The van der Waals surface area contributed by atoms with Gasteiger partial charge in [-0.3, -0.25) is 0 Å². The molecule has 1 atom stereocenters. The fourth-order valence-corrected chi connectivity index (χ4v) is 5.06. The van der Waals surface area contributed by atoms with Gasteiger partial charge in [0, 0.05) is 18.1 Å². The van der Waals surface area contributed by atoms with Crippen LogP contribution in [-0.4, -0.2) is 32.6 Å². The van der Waals surface area contributed by atoms with Crippen molar-refractivity contribution in [3.8, 4) is 5.75 Å². The number of methoxy groups -OCH3 is 1. The summed E-state index contributed by atoms with van der Waals surface area (Å²) in [4.78, 5) is 0.257. The highest BCUT2D eigenvalue weighted by atomic mass is 32.2. The maximum absolute atomic E-state index is 13.3. The number of nitrogens with zero attached hydrogens (tertiary/aromatic N) is 1. The molecular weight excluding hydrogens is 348 g/mol. The lowest BCUT2D eigenvalue weighted by molar-refractivity contribution is 0.414. The van der Waals surface area contributed by atoms with Crippen molar-refractivity contribution < 1.29 is 13.2 Å². The number of rotatable bonds is 4. The van der Waals surface area contributed by atoms with Crippen LogP contribution in [0.15, 0.2) is 59.6 Å². The Balaban J connectivity index is 1.85. The smallest absolute Gasteiger partial charge is 0.268 e. The monoisotopic (exact) mass is 370 g/mol. The van der Waals surface area contributed by atoms with Crippen LogP contribution < -0.4 is 10.1 Å². The van der Waals surface area contributed by atoms with Gasteiger partial charge in [-0.1, -0.05) is 18.2 Å². The largest absolute Gasteiger partial charge is 0.497 e. The maximum atomic E-state index is 13.3. The molecule has 6 heteroatoms. The van der Waals surface area contributed by atoms with E-state index in [9.17, 15) is 8.42 Å². The molecule has 0 bridgehead atoms.